The summed E-state index contributed by atoms with van der Waals surface area (Å²) in [6.07, 6.45) is 5.00. The second-order valence-corrected chi connectivity index (χ2v) is 1.79. The highest BCUT2D eigenvalue weighted by molar-refractivity contribution is 5.74. The Bertz CT molecular complexity index is 195. The van der Waals surface area contributed by atoms with Crippen LogP contribution in [0.15, 0.2) is 12.4 Å². The molecule has 1 radical (unpaired) electrons. The van der Waals surface area contributed by atoms with E-state index in [0.29, 0.717) is 6.54 Å². The summed E-state index contributed by atoms with van der Waals surface area (Å²) >= 11 is 0. The van der Waals surface area contributed by atoms with Crippen molar-refractivity contribution in [3.63, 3.8) is 0 Å². The van der Waals surface area contributed by atoms with Gasteiger partial charge in [-0.15, -0.1) is 0 Å². The number of nitrogens with one attached hydrogen (secondary N) is 1. The molecule has 1 aromatic heterocycles. The van der Waals surface area contributed by atoms with E-state index in [1.54, 1.807) is 18.8 Å². The average molecular weight is 138 g/mol. The fourth-order valence-corrected chi connectivity index (χ4v) is 0.692. The standard InChI is InChI=1S/C6H8N3O/c1-2-9(5-10)6-3-7-8-4-6/h3-4H,2H2,1H3,(H,7,8). The van der Waals surface area contributed by atoms with Gasteiger partial charge in [-0.1, -0.05) is 0 Å². The molecule has 0 aliphatic rings. The van der Waals surface area contributed by atoms with Crippen LogP contribution in [0.1, 0.15) is 6.92 Å². The van der Waals surface area contributed by atoms with E-state index >= 15 is 0 Å². The van der Waals surface area contributed by atoms with Crippen LogP contribution in [0.5, 0.6) is 0 Å². The Kier molecular flexibility index (Phi) is 2.04. The molecule has 0 unspecified atom stereocenters. The van der Waals surface area contributed by atoms with E-state index < -0.39 is 0 Å². The van der Waals surface area contributed by atoms with Gasteiger partial charge in [-0.25, -0.2) is 0 Å². The normalized spacial score (nSPS) is 9.30. The molecule has 0 saturated carbocycles. The molecule has 0 aliphatic heterocycles. The highest BCUT2D eigenvalue weighted by atomic mass is 16.1. The third kappa shape index (κ3) is 1.15. The molecule has 1 heterocycles. The summed E-state index contributed by atoms with van der Waals surface area (Å²) in [5.41, 5.74) is 0.748. The Labute approximate surface area is 58.8 Å². The second-order valence-electron chi connectivity index (χ2n) is 1.79. The molecule has 4 heteroatoms. The molecule has 10 heavy (non-hydrogen) atoms. The van der Waals surface area contributed by atoms with Crippen molar-refractivity contribution in [1.29, 1.82) is 0 Å². The highest BCUT2D eigenvalue weighted by Crippen LogP contribution is 2.06. The van der Waals surface area contributed by atoms with Crippen LogP contribution in [0, 0.1) is 0 Å². The number of hydrogen-bond acceptors (Lipinski definition) is 2. The number of H-pyrrole nitrogens is 1. The zero-order valence-electron chi connectivity index (χ0n) is 5.66. The molecular formula is C6H8N3O. The molecule has 1 aromatic rings. The van der Waals surface area contributed by atoms with E-state index in [1.807, 2.05) is 6.92 Å². The Balaban J connectivity index is 2.73. The Morgan fingerprint density at radius 1 is 1.90 bits per heavy atom. The maximum Gasteiger partial charge on any atom is 0.316 e. The zero-order valence-corrected chi connectivity index (χ0v) is 5.66. The van der Waals surface area contributed by atoms with Crippen LogP contribution in [0.25, 0.3) is 0 Å². The molecule has 0 aromatic carbocycles. The van der Waals surface area contributed by atoms with Crippen LogP contribution in [0.4, 0.5) is 5.69 Å². The SMILES string of the molecule is CCN([C]=O)c1cn[nH]c1. The number of anilines is 1. The van der Waals surface area contributed by atoms with Gasteiger partial charge in [0.05, 0.1) is 11.9 Å². The lowest BCUT2D eigenvalue weighted by Gasteiger charge is -2.08. The van der Waals surface area contributed by atoms with Gasteiger partial charge in [-0.2, -0.15) is 5.10 Å². The van der Waals surface area contributed by atoms with Gasteiger partial charge in [0.1, 0.15) is 0 Å². The molecular weight excluding hydrogens is 130 g/mol. The minimum atomic E-state index is 0.614. The molecule has 0 bridgehead atoms. The molecule has 0 spiro atoms. The molecule has 0 fully saturated rings. The van der Waals surface area contributed by atoms with Crippen molar-refractivity contribution < 1.29 is 4.79 Å². The third-order valence-electron chi connectivity index (χ3n) is 1.22. The number of hydrogen-bond donors (Lipinski definition) is 1. The van der Waals surface area contributed by atoms with E-state index in [1.165, 1.54) is 4.90 Å². The van der Waals surface area contributed by atoms with Crippen molar-refractivity contribution >= 4 is 12.1 Å². The van der Waals surface area contributed by atoms with Crippen LogP contribution >= 0.6 is 0 Å². The van der Waals surface area contributed by atoms with Gasteiger partial charge in [-0.3, -0.25) is 9.89 Å². The van der Waals surface area contributed by atoms with Gasteiger partial charge in [0.2, 0.25) is 0 Å². The average Bonchev–Trinajstić information content (AvgIpc) is 2.43. The summed E-state index contributed by atoms with van der Waals surface area (Å²) in [6.45, 7) is 2.49. The maximum absolute atomic E-state index is 10.2. The van der Waals surface area contributed by atoms with Crippen molar-refractivity contribution in [3.8, 4) is 0 Å². The van der Waals surface area contributed by atoms with Gasteiger partial charge >= 0.3 is 6.41 Å². The lowest BCUT2D eigenvalue weighted by atomic mass is 10.5. The van der Waals surface area contributed by atoms with Crippen molar-refractivity contribution in [3.05, 3.63) is 12.4 Å². The van der Waals surface area contributed by atoms with Gasteiger partial charge in [0, 0.05) is 12.7 Å². The van der Waals surface area contributed by atoms with Crippen LogP contribution in [-0.4, -0.2) is 23.2 Å². The first-order valence-corrected chi connectivity index (χ1v) is 3.02. The zero-order chi connectivity index (χ0) is 7.40. The lowest BCUT2D eigenvalue weighted by Crippen LogP contribution is -2.19. The quantitative estimate of drug-likeness (QED) is 0.611. The molecule has 1 amide bonds. The minimum Gasteiger partial charge on any atom is -0.301 e. The molecule has 1 N–H and O–H groups in total. The predicted octanol–water partition coefficient (Wildman–Crippen LogP) is 0.303. The van der Waals surface area contributed by atoms with Crippen molar-refractivity contribution in [2.24, 2.45) is 0 Å². The first kappa shape index (κ1) is 6.80. The van der Waals surface area contributed by atoms with Crippen molar-refractivity contribution in [2.45, 2.75) is 6.92 Å². The summed E-state index contributed by atoms with van der Waals surface area (Å²) in [4.78, 5) is 11.6. The molecule has 0 aliphatic carbocycles. The van der Waals surface area contributed by atoms with Crippen LogP contribution in [0.3, 0.4) is 0 Å². The van der Waals surface area contributed by atoms with Crippen LogP contribution in [0.2, 0.25) is 0 Å². The van der Waals surface area contributed by atoms with E-state index in [-0.39, 0.29) is 0 Å². The summed E-state index contributed by atoms with van der Waals surface area (Å²) in [5, 5.41) is 6.30. The van der Waals surface area contributed by atoms with Crippen molar-refractivity contribution in [1.82, 2.24) is 10.2 Å². The van der Waals surface area contributed by atoms with Crippen molar-refractivity contribution in [2.75, 3.05) is 11.4 Å². The summed E-state index contributed by atoms with van der Waals surface area (Å²) in [6, 6.07) is 0. The van der Waals surface area contributed by atoms with E-state index in [0.717, 1.165) is 5.69 Å². The van der Waals surface area contributed by atoms with E-state index in [9.17, 15) is 4.79 Å². The second kappa shape index (κ2) is 3.00. The monoisotopic (exact) mass is 138 g/mol. The first-order chi connectivity index (χ1) is 4.88. The number of nitrogens with zero attached hydrogens (tertiary/aromatic N) is 2. The fraction of sp³-hybridized carbons (Fsp3) is 0.333. The highest BCUT2D eigenvalue weighted by Gasteiger charge is 2.02. The summed E-state index contributed by atoms with van der Waals surface area (Å²) in [5.74, 6) is 0. The largest absolute Gasteiger partial charge is 0.316 e. The van der Waals surface area contributed by atoms with E-state index in [4.69, 9.17) is 0 Å². The maximum atomic E-state index is 10.2. The fourth-order valence-electron chi connectivity index (χ4n) is 0.692. The molecule has 0 atom stereocenters. The van der Waals surface area contributed by atoms with Gasteiger partial charge in [0.15, 0.2) is 0 Å². The van der Waals surface area contributed by atoms with Crippen LogP contribution in [-0.2, 0) is 4.79 Å². The Hall–Kier alpha value is -1.32. The smallest absolute Gasteiger partial charge is 0.301 e. The minimum absolute atomic E-state index is 0.614. The third-order valence-corrected chi connectivity index (χ3v) is 1.22. The molecule has 53 valence electrons. The molecule has 0 saturated heterocycles. The summed E-state index contributed by atoms with van der Waals surface area (Å²) in [7, 11) is 0. The van der Waals surface area contributed by atoms with E-state index in [2.05, 4.69) is 10.2 Å². The van der Waals surface area contributed by atoms with Gasteiger partial charge < -0.3 is 4.90 Å². The lowest BCUT2D eigenvalue weighted by molar-refractivity contribution is 0.552. The molecule has 1 rings (SSSR count). The number of aromatic amines is 1. The number of carbonyl (C=O) groups excluding carboxylic acids is 1. The Morgan fingerprint density at radius 3 is 3.10 bits per heavy atom. The Morgan fingerprint density at radius 2 is 2.70 bits per heavy atom. The first-order valence-electron chi connectivity index (χ1n) is 3.02. The van der Waals surface area contributed by atoms with Gasteiger partial charge in [-0.05, 0) is 6.92 Å². The number of amides is 1. The van der Waals surface area contributed by atoms with Crippen LogP contribution < -0.4 is 4.90 Å². The predicted molar refractivity (Wildman–Crippen MR) is 37.3 cm³/mol. The topological polar surface area (TPSA) is 49.0 Å². The number of aromatic nitrogens is 2. The summed E-state index contributed by atoms with van der Waals surface area (Å²) < 4.78 is 0. The van der Waals surface area contributed by atoms with Gasteiger partial charge in [0.25, 0.3) is 0 Å². The number of rotatable bonds is 3. The molecule has 4 nitrogen and oxygen atoms in total.